The van der Waals surface area contributed by atoms with Crippen molar-refractivity contribution in [3.63, 3.8) is 0 Å². The van der Waals surface area contributed by atoms with Crippen LogP contribution in [0.25, 0.3) is 16.7 Å². The van der Waals surface area contributed by atoms with Gasteiger partial charge in [-0.3, -0.25) is 9.20 Å². The van der Waals surface area contributed by atoms with E-state index in [0.717, 1.165) is 5.56 Å². The molecule has 2 fully saturated rings. The fraction of sp³-hybridized carbons (Fsp3) is 0.455. The number of aryl methyl sites for hydroxylation is 1. The Morgan fingerprint density at radius 2 is 1.65 bits per heavy atom. The number of carbonyl (C=O) groups is 1. The van der Waals surface area contributed by atoms with E-state index >= 15 is 4.39 Å². The predicted octanol–water partition coefficient (Wildman–Crippen LogP) is 6.90. The lowest BCUT2D eigenvalue weighted by molar-refractivity contribution is -0.172. The summed E-state index contributed by atoms with van der Waals surface area (Å²) in [6.45, 7) is 4.94. The van der Waals surface area contributed by atoms with Crippen molar-refractivity contribution in [1.82, 2.24) is 24.9 Å². The lowest BCUT2D eigenvalue weighted by Crippen LogP contribution is -2.51. The van der Waals surface area contributed by atoms with Crippen LogP contribution in [-0.4, -0.2) is 55.5 Å². The zero-order valence-electron chi connectivity index (χ0n) is 26.1. The molecule has 0 spiro atoms. The quantitative estimate of drug-likeness (QED) is 0.177. The number of hydrogen-bond donors (Lipinski definition) is 2. The molecule has 48 heavy (non-hydrogen) atoms. The van der Waals surface area contributed by atoms with E-state index in [1.165, 1.54) is 30.4 Å². The van der Waals surface area contributed by atoms with Crippen LogP contribution in [0, 0.1) is 30.0 Å². The summed E-state index contributed by atoms with van der Waals surface area (Å²) in [5.41, 5.74) is -3.96. The van der Waals surface area contributed by atoms with E-state index in [-0.39, 0.29) is 48.4 Å². The number of nitrogens with one attached hydrogen (secondary N) is 2. The van der Waals surface area contributed by atoms with Gasteiger partial charge >= 0.3 is 12.4 Å². The van der Waals surface area contributed by atoms with Gasteiger partial charge in [-0.05, 0) is 89.1 Å². The first-order valence-corrected chi connectivity index (χ1v) is 15.5. The Kier molecular flexibility index (Phi) is 6.95. The van der Waals surface area contributed by atoms with Crippen LogP contribution in [0.4, 0.5) is 47.9 Å². The number of aromatic nitrogens is 4. The average Bonchev–Trinajstić information content (AvgIpc) is 3.94. The summed E-state index contributed by atoms with van der Waals surface area (Å²) in [6.07, 6.45) is -8.72. The van der Waals surface area contributed by atoms with Crippen molar-refractivity contribution in [2.75, 3.05) is 16.8 Å². The standard InChI is InChI=1S/C33H30F7N7O/c1-18-44-45-28-41-26(24-23(47(18)28)10-9-21(25(24)34)42-30(13-14-30)32(35,36)37)46-17-5-7-20-19(6-4-8-22(20)46)11-12-29(2,3)27(48)43-31(15-16-31)33(38,39)40/h4,6,8-10,42H,5,7,13-17H2,1-3H3,(H,43,48). The van der Waals surface area contributed by atoms with Gasteiger partial charge in [-0.15, -0.1) is 10.2 Å². The molecule has 2 aromatic heterocycles. The first-order valence-electron chi connectivity index (χ1n) is 15.5. The second-order valence-corrected chi connectivity index (χ2v) is 13.3. The second-order valence-electron chi connectivity index (χ2n) is 13.3. The molecule has 2 N–H and O–H groups in total. The molecular weight excluding hydrogens is 643 g/mol. The Labute approximate surface area is 270 Å². The first kappa shape index (κ1) is 32.0. The first-order chi connectivity index (χ1) is 22.5. The second kappa shape index (κ2) is 10.4. The molecule has 4 aromatic rings. The molecule has 8 nitrogen and oxygen atoms in total. The Morgan fingerprint density at radius 1 is 0.958 bits per heavy atom. The summed E-state index contributed by atoms with van der Waals surface area (Å²) in [5.74, 6) is 4.83. The van der Waals surface area contributed by atoms with Gasteiger partial charge in [0.15, 0.2) is 5.82 Å². The monoisotopic (exact) mass is 673 g/mol. The number of amides is 1. The van der Waals surface area contributed by atoms with E-state index in [0.29, 0.717) is 42.0 Å². The summed E-state index contributed by atoms with van der Waals surface area (Å²) in [4.78, 5) is 19.3. The van der Waals surface area contributed by atoms with Crippen LogP contribution < -0.4 is 15.5 Å². The molecule has 0 atom stereocenters. The average molecular weight is 674 g/mol. The highest BCUT2D eigenvalue weighted by Crippen LogP contribution is 2.52. The molecule has 2 aliphatic carbocycles. The molecular formula is C33H30F7N7O. The number of benzene rings is 2. The largest absolute Gasteiger partial charge is 0.411 e. The Balaban J connectivity index is 1.29. The zero-order chi connectivity index (χ0) is 34.4. The highest BCUT2D eigenvalue weighted by atomic mass is 19.4. The lowest BCUT2D eigenvalue weighted by atomic mass is 9.90. The highest BCUT2D eigenvalue weighted by Gasteiger charge is 2.65. The van der Waals surface area contributed by atoms with Crippen LogP contribution in [0.5, 0.6) is 0 Å². The molecule has 3 heterocycles. The van der Waals surface area contributed by atoms with Crippen molar-refractivity contribution in [2.45, 2.75) is 82.7 Å². The van der Waals surface area contributed by atoms with Crippen LogP contribution in [0.2, 0.25) is 0 Å². The van der Waals surface area contributed by atoms with Gasteiger partial charge < -0.3 is 15.5 Å². The topological polar surface area (TPSA) is 87.5 Å². The lowest BCUT2D eigenvalue weighted by Gasteiger charge is -2.32. The minimum atomic E-state index is -4.57. The van der Waals surface area contributed by atoms with Crippen molar-refractivity contribution in [3.8, 4) is 11.8 Å². The van der Waals surface area contributed by atoms with Crippen molar-refractivity contribution >= 4 is 39.8 Å². The number of carbonyl (C=O) groups excluding carboxylic acids is 1. The van der Waals surface area contributed by atoms with Gasteiger partial charge in [0.25, 0.3) is 5.78 Å². The third kappa shape index (κ3) is 5.07. The summed E-state index contributed by atoms with van der Waals surface area (Å²) < 4.78 is 99.9. The molecule has 7 rings (SSSR count). The van der Waals surface area contributed by atoms with Crippen LogP contribution in [-0.2, 0) is 11.2 Å². The summed E-state index contributed by atoms with van der Waals surface area (Å²) in [5, 5.41) is 12.7. The fourth-order valence-corrected chi connectivity index (χ4v) is 6.20. The maximum absolute atomic E-state index is 16.5. The molecule has 0 unspecified atom stereocenters. The number of hydrogen-bond acceptors (Lipinski definition) is 6. The van der Waals surface area contributed by atoms with E-state index in [1.54, 1.807) is 30.0 Å². The molecule has 252 valence electrons. The summed E-state index contributed by atoms with van der Waals surface area (Å²) in [7, 11) is 0. The highest BCUT2D eigenvalue weighted by molar-refractivity contribution is 5.97. The van der Waals surface area contributed by atoms with E-state index in [2.05, 4.69) is 37.7 Å². The number of fused-ring (bicyclic) bond motifs is 4. The summed E-state index contributed by atoms with van der Waals surface area (Å²) >= 11 is 0. The Morgan fingerprint density at radius 3 is 2.29 bits per heavy atom. The van der Waals surface area contributed by atoms with Crippen molar-refractivity contribution < 1.29 is 35.5 Å². The number of alkyl halides is 6. The van der Waals surface area contributed by atoms with Crippen LogP contribution >= 0.6 is 0 Å². The molecule has 0 radical (unpaired) electrons. The molecule has 0 saturated heterocycles. The van der Waals surface area contributed by atoms with Crippen molar-refractivity contribution in [1.29, 1.82) is 0 Å². The number of halogens is 7. The van der Waals surface area contributed by atoms with Crippen LogP contribution in [0.1, 0.15) is 62.9 Å². The van der Waals surface area contributed by atoms with E-state index in [9.17, 15) is 31.1 Å². The minimum absolute atomic E-state index is 0.0193. The molecule has 3 aliphatic rings. The molecule has 15 heteroatoms. The SMILES string of the molecule is Cc1nnc2nc(N3CCCc4c(C#CC(C)(C)C(=O)NC5(C(F)(F)F)CC5)cccc43)c3c(F)c(NC4(C(F)(F)F)CC4)ccc3n12. The van der Waals surface area contributed by atoms with Crippen molar-refractivity contribution in [2.24, 2.45) is 5.41 Å². The van der Waals surface area contributed by atoms with Gasteiger partial charge in [0.2, 0.25) is 5.91 Å². The van der Waals surface area contributed by atoms with E-state index < -0.39 is 40.6 Å². The number of anilines is 3. The fourth-order valence-electron chi connectivity index (χ4n) is 6.20. The van der Waals surface area contributed by atoms with Crippen molar-refractivity contribution in [3.05, 3.63) is 53.1 Å². The van der Waals surface area contributed by atoms with Gasteiger partial charge in [-0.25, -0.2) is 4.39 Å². The van der Waals surface area contributed by atoms with Gasteiger partial charge in [-0.2, -0.15) is 31.3 Å². The maximum atomic E-state index is 16.5. The molecule has 1 aliphatic heterocycles. The van der Waals surface area contributed by atoms with Gasteiger partial charge in [-0.1, -0.05) is 17.9 Å². The van der Waals surface area contributed by atoms with Crippen LogP contribution in [0.15, 0.2) is 30.3 Å². The molecule has 1 amide bonds. The van der Waals surface area contributed by atoms with Gasteiger partial charge in [0.1, 0.15) is 28.1 Å². The maximum Gasteiger partial charge on any atom is 0.411 e. The number of nitrogens with zero attached hydrogens (tertiary/aromatic N) is 5. The van der Waals surface area contributed by atoms with E-state index in [1.807, 2.05) is 0 Å². The Hall–Kier alpha value is -4.61. The molecule has 2 aromatic carbocycles. The third-order valence-electron chi connectivity index (χ3n) is 9.49. The summed E-state index contributed by atoms with van der Waals surface area (Å²) in [6, 6.07) is 8.02. The smallest absolute Gasteiger partial charge is 0.369 e. The minimum Gasteiger partial charge on any atom is -0.369 e. The third-order valence-corrected chi connectivity index (χ3v) is 9.49. The Bertz CT molecular complexity index is 2050. The van der Waals surface area contributed by atoms with Gasteiger partial charge in [0, 0.05) is 17.8 Å². The molecule has 2 saturated carbocycles. The normalized spacial score (nSPS) is 18.2. The molecule has 0 bridgehead atoms. The van der Waals surface area contributed by atoms with E-state index in [4.69, 9.17) is 0 Å². The van der Waals surface area contributed by atoms with Gasteiger partial charge in [0.05, 0.1) is 16.6 Å². The zero-order valence-corrected chi connectivity index (χ0v) is 26.1. The predicted molar refractivity (Wildman–Crippen MR) is 163 cm³/mol. The van der Waals surface area contributed by atoms with Crippen LogP contribution in [0.3, 0.4) is 0 Å². The number of rotatable bonds is 5.